The van der Waals surface area contributed by atoms with E-state index in [9.17, 15) is 14.3 Å². The minimum atomic E-state index is -0.573. The number of benzene rings is 2. The van der Waals surface area contributed by atoms with Crippen molar-refractivity contribution in [1.29, 1.82) is 0 Å². The fraction of sp³-hybridized carbons (Fsp3) is 0.278. The van der Waals surface area contributed by atoms with E-state index in [2.05, 4.69) is 0 Å². The van der Waals surface area contributed by atoms with Gasteiger partial charge in [-0.2, -0.15) is 0 Å². The molecule has 1 saturated heterocycles. The molecule has 0 saturated carbocycles. The molecule has 0 radical (unpaired) electrons. The molecule has 3 nitrogen and oxygen atoms in total. The highest BCUT2D eigenvalue weighted by Gasteiger charge is 2.36. The van der Waals surface area contributed by atoms with Crippen molar-refractivity contribution >= 4 is 5.91 Å². The fourth-order valence-corrected chi connectivity index (χ4v) is 2.98. The van der Waals surface area contributed by atoms with Crippen LogP contribution in [0.3, 0.4) is 0 Å². The molecule has 3 rings (SSSR count). The summed E-state index contributed by atoms with van der Waals surface area (Å²) in [6.45, 7) is 0.450. The van der Waals surface area contributed by atoms with Crippen molar-refractivity contribution in [2.45, 2.75) is 25.0 Å². The summed E-state index contributed by atoms with van der Waals surface area (Å²) in [6, 6.07) is 15.4. The van der Waals surface area contributed by atoms with Gasteiger partial charge < -0.3 is 10.0 Å². The van der Waals surface area contributed by atoms with Gasteiger partial charge in [-0.3, -0.25) is 4.79 Å². The average molecular weight is 299 g/mol. The summed E-state index contributed by atoms with van der Waals surface area (Å²) in [5.74, 6) is -0.872. The average Bonchev–Trinajstić information content (AvgIpc) is 2.89. The number of carbonyl (C=O) groups excluding carboxylic acids is 1. The number of amides is 1. The number of nitrogens with zero attached hydrogens (tertiary/aromatic N) is 1. The van der Waals surface area contributed by atoms with E-state index < -0.39 is 11.9 Å². The molecule has 0 spiro atoms. The Labute approximate surface area is 129 Å². The predicted molar refractivity (Wildman–Crippen MR) is 82.0 cm³/mol. The molecule has 2 atom stereocenters. The lowest BCUT2D eigenvalue weighted by Gasteiger charge is -2.26. The monoisotopic (exact) mass is 299 g/mol. The Hall–Kier alpha value is -2.20. The quantitative estimate of drug-likeness (QED) is 0.946. The molecule has 0 unspecified atom stereocenters. The van der Waals surface area contributed by atoms with Gasteiger partial charge in [-0.05, 0) is 30.5 Å². The topological polar surface area (TPSA) is 40.5 Å². The third-order valence-corrected chi connectivity index (χ3v) is 4.16. The molecule has 2 aromatic rings. The smallest absolute Gasteiger partial charge is 0.257 e. The maximum absolute atomic E-state index is 13.8. The van der Waals surface area contributed by atoms with E-state index in [1.165, 1.54) is 12.1 Å². The standard InChI is InChI=1S/C18H18FNO2/c19-15-9-5-4-8-14(15)18(22)20-11-10-17(21)16(20)12-13-6-2-1-3-7-13/h1-9,16-17,21H,10-12H2/t16-,17+/m0/s1. The number of aliphatic hydroxyl groups is 1. The van der Waals surface area contributed by atoms with E-state index in [0.29, 0.717) is 19.4 Å². The van der Waals surface area contributed by atoms with Crippen molar-refractivity contribution in [2.24, 2.45) is 0 Å². The first-order valence-electron chi connectivity index (χ1n) is 7.44. The third-order valence-electron chi connectivity index (χ3n) is 4.16. The SMILES string of the molecule is O=C(c1ccccc1F)N1CC[C@@H](O)[C@@H]1Cc1ccccc1. The van der Waals surface area contributed by atoms with Crippen molar-refractivity contribution < 1.29 is 14.3 Å². The molecule has 1 aliphatic heterocycles. The lowest BCUT2D eigenvalue weighted by atomic mass is 10.0. The number of aliphatic hydroxyl groups excluding tert-OH is 1. The van der Waals surface area contributed by atoms with E-state index in [1.54, 1.807) is 17.0 Å². The van der Waals surface area contributed by atoms with Crippen LogP contribution >= 0.6 is 0 Å². The maximum atomic E-state index is 13.8. The van der Waals surface area contributed by atoms with E-state index in [-0.39, 0.29) is 17.5 Å². The van der Waals surface area contributed by atoms with Gasteiger partial charge in [-0.25, -0.2) is 4.39 Å². The third kappa shape index (κ3) is 2.88. The second-order valence-electron chi connectivity index (χ2n) is 5.59. The first-order chi connectivity index (χ1) is 10.7. The van der Waals surface area contributed by atoms with Gasteiger partial charge in [-0.1, -0.05) is 42.5 Å². The molecule has 22 heavy (non-hydrogen) atoms. The van der Waals surface area contributed by atoms with Gasteiger partial charge in [0.15, 0.2) is 0 Å². The van der Waals surface area contributed by atoms with Crippen molar-refractivity contribution in [1.82, 2.24) is 4.90 Å². The highest BCUT2D eigenvalue weighted by atomic mass is 19.1. The number of rotatable bonds is 3. The Morgan fingerprint density at radius 3 is 2.55 bits per heavy atom. The Kier molecular flexibility index (Phi) is 4.20. The minimum absolute atomic E-state index is 0.0645. The van der Waals surface area contributed by atoms with Crippen LogP contribution in [0, 0.1) is 5.82 Å². The lowest BCUT2D eigenvalue weighted by molar-refractivity contribution is 0.0635. The molecule has 1 aliphatic rings. The first kappa shape index (κ1) is 14.7. The Bertz CT molecular complexity index is 659. The number of carbonyl (C=O) groups is 1. The van der Waals surface area contributed by atoms with Crippen LogP contribution in [0.2, 0.25) is 0 Å². The van der Waals surface area contributed by atoms with Crippen molar-refractivity contribution in [3.05, 3.63) is 71.5 Å². The molecule has 1 amide bonds. The molecule has 1 heterocycles. The Morgan fingerprint density at radius 2 is 1.82 bits per heavy atom. The van der Waals surface area contributed by atoms with Crippen LogP contribution in [0.4, 0.5) is 4.39 Å². The second kappa shape index (κ2) is 6.28. The summed E-state index contributed by atoms with van der Waals surface area (Å²) in [5.41, 5.74) is 1.12. The summed E-state index contributed by atoms with van der Waals surface area (Å²) in [4.78, 5) is 14.2. The largest absolute Gasteiger partial charge is 0.391 e. The maximum Gasteiger partial charge on any atom is 0.257 e. The minimum Gasteiger partial charge on any atom is -0.391 e. The van der Waals surface area contributed by atoms with Crippen molar-refractivity contribution in [3.63, 3.8) is 0 Å². The van der Waals surface area contributed by atoms with Crippen LogP contribution in [-0.2, 0) is 6.42 Å². The van der Waals surface area contributed by atoms with Crippen LogP contribution < -0.4 is 0 Å². The van der Waals surface area contributed by atoms with Crippen molar-refractivity contribution in [3.8, 4) is 0 Å². The molecule has 0 bridgehead atoms. The van der Waals surface area contributed by atoms with Gasteiger partial charge in [0.05, 0.1) is 17.7 Å². The molecular formula is C18H18FNO2. The summed E-state index contributed by atoms with van der Waals surface area (Å²) >= 11 is 0. The zero-order valence-corrected chi connectivity index (χ0v) is 12.2. The van der Waals surface area contributed by atoms with Crippen LogP contribution in [-0.4, -0.2) is 34.6 Å². The molecule has 2 aromatic carbocycles. The van der Waals surface area contributed by atoms with Crippen molar-refractivity contribution in [2.75, 3.05) is 6.54 Å². The van der Waals surface area contributed by atoms with Crippen LogP contribution in [0.5, 0.6) is 0 Å². The summed E-state index contributed by atoms with van der Waals surface area (Å²) in [5, 5.41) is 10.2. The summed E-state index contributed by atoms with van der Waals surface area (Å²) in [7, 11) is 0. The Balaban J connectivity index is 1.83. The molecule has 4 heteroatoms. The fourth-order valence-electron chi connectivity index (χ4n) is 2.98. The van der Waals surface area contributed by atoms with Gasteiger partial charge in [0.2, 0.25) is 0 Å². The number of hydrogen-bond donors (Lipinski definition) is 1. The van der Waals surface area contributed by atoms with E-state index in [0.717, 1.165) is 5.56 Å². The highest BCUT2D eigenvalue weighted by molar-refractivity contribution is 5.95. The lowest BCUT2D eigenvalue weighted by Crippen LogP contribution is -2.41. The van der Waals surface area contributed by atoms with Gasteiger partial charge in [-0.15, -0.1) is 0 Å². The molecule has 0 aromatic heterocycles. The first-order valence-corrected chi connectivity index (χ1v) is 7.44. The van der Waals surface area contributed by atoms with Gasteiger partial charge >= 0.3 is 0 Å². The van der Waals surface area contributed by atoms with Gasteiger partial charge in [0.25, 0.3) is 5.91 Å². The van der Waals surface area contributed by atoms with E-state index >= 15 is 0 Å². The van der Waals surface area contributed by atoms with Crippen LogP contribution in [0.1, 0.15) is 22.3 Å². The van der Waals surface area contributed by atoms with E-state index in [4.69, 9.17) is 0 Å². The normalized spacial score (nSPS) is 21.1. The second-order valence-corrected chi connectivity index (χ2v) is 5.59. The van der Waals surface area contributed by atoms with Crippen LogP contribution in [0.25, 0.3) is 0 Å². The summed E-state index contributed by atoms with van der Waals surface area (Å²) in [6.07, 6.45) is 0.524. The molecule has 114 valence electrons. The molecule has 1 fully saturated rings. The number of halogens is 1. The van der Waals surface area contributed by atoms with Crippen LogP contribution in [0.15, 0.2) is 54.6 Å². The van der Waals surface area contributed by atoms with E-state index in [1.807, 2.05) is 30.3 Å². The van der Waals surface area contributed by atoms with Gasteiger partial charge in [0, 0.05) is 6.54 Å². The molecule has 0 aliphatic carbocycles. The zero-order chi connectivity index (χ0) is 15.5. The molecular weight excluding hydrogens is 281 g/mol. The zero-order valence-electron chi connectivity index (χ0n) is 12.2. The molecule has 1 N–H and O–H groups in total. The van der Waals surface area contributed by atoms with Gasteiger partial charge in [0.1, 0.15) is 5.82 Å². The summed E-state index contributed by atoms with van der Waals surface area (Å²) < 4.78 is 13.8. The predicted octanol–water partition coefficient (Wildman–Crippen LogP) is 2.64. The Morgan fingerprint density at radius 1 is 1.14 bits per heavy atom. The number of hydrogen-bond acceptors (Lipinski definition) is 2. The highest BCUT2D eigenvalue weighted by Crippen LogP contribution is 2.24. The number of likely N-dealkylation sites (tertiary alicyclic amines) is 1.